The van der Waals surface area contributed by atoms with Crippen molar-refractivity contribution in [1.29, 1.82) is 0 Å². The fourth-order valence-corrected chi connectivity index (χ4v) is 3.57. The zero-order valence-electron chi connectivity index (χ0n) is 18.8. The van der Waals surface area contributed by atoms with Gasteiger partial charge >= 0.3 is 19.5 Å². The average Bonchev–Trinajstić information content (AvgIpc) is 2.98. The highest BCUT2D eigenvalue weighted by molar-refractivity contribution is 7.53. The molecular weight excluding hydrogens is 433 g/mol. The Morgan fingerprint density at radius 3 is 2.26 bits per heavy atom. The number of ether oxygens (including phenoxy) is 1. The Bertz CT molecular complexity index is 856. The summed E-state index contributed by atoms with van der Waals surface area (Å²) >= 11 is 0. The van der Waals surface area contributed by atoms with Gasteiger partial charge in [0.25, 0.3) is 5.91 Å². The van der Waals surface area contributed by atoms with Crippen LogP contribution in [-0.4, -0.2) is 57.7 Å². The normalized spacial score (nSPS) is 13.9. The molecule has 1 aromatic rings. The average molecular weight is 463 g/mol. The molecule has 1 unspecified atom stereocenters. The largest absolute Gasteiger partial charge is 0.444 e. The van der Waals surface area contributed by atoms with E-state index in [0.29, 0.717) is 0 Å². The van der Waals surface area contributed by atoms with Crippen molar-refractivity contribution in [3.8, 4) is 0 Å². The highest BCUT2D eigenvalue weighted by Crippen LogP contribution is 2.48. The van der Waals surface area contributed by atoms with E-state index >= 15 is 0 Å². The third-order valence-electron chi connectivity index (χ3n) is 3.12. The standard InChI is InChI=1S/C17H30N5O8P/c1-16(2,3)29-15(24)19-9-8-18-14(23)12-10-13(22(25)26)20-21(12)11-28-31(7,27)30-17(4,5)6/h10H,8-9,11H2,1-7H3,(H,18,23)(H,19,24). The zero-order valence-corrected chi connectivity index (χ0v) is 19.6. The molecule has 0 aliphatic rings. The Morgan fingerprint density at radius 2 is 1.74 bits per heavy atom. The van der Waals surface area contributed by atoms with Crippen LogP contribution in [0.2, 0.25) is 0 Å². The lowest BCUT2D eigenvalue weighted by Crippen LogP contribution is -2.38. The topological polar surface area (TPSA) is 164 Å². The summed E-state index contributed by atoms with van der Waals surface area (Å²) in [6, 6.07) is 0.963. The van der Waals surface area contributed by atoms with Gasteiger partial charge in [0.15, 0.2) is 12.4 Å². The van der Waals surface area contributed by atoms with Gasteiger partial charge in [0.2, 0.25) is 0 Å². The van der Waals surface area contributed by atoms with Gasteiger partial charge in [0.05, 0.1) is 16.8 Å². The SMILES string of the molecule is CC(C)(C)OC(=O)NCCNC(=O)c1cc([N+](=O)[O-])nn1COP(C)(=O)OC(C)(C)C. The minimum Gasteiger partial charge on any atom is -0.444 e. The Morgan fingerprint density at radius 1 is 1.16 bits per heavy atom. The van der Waals surface area contributed by atoms with E-state index in [9.17, 15) is 24.3 Å². The molecule has 1 atom stereocenters. The number of hydrogen-bond donors (Lipinski definition) is 2. The van der Waals surface area contributed by atoms with Gasteiger partial charge in [-0.25, -0.2) is 4.79 Å². The van der Waals surface area contributed by atoms with Crippen LogP contribution in [-0.2, 0) is 25.1 Å². The van der Waals surface area contributed by atoms with Crippen LogP contribution in [0.4, 0.5) is 10.6 Å². The molecule has 0 fully saturated rings. The van der Waals surface area contributed by atoms with Gasteiger partial charge in [-0.05, 0) is 46.5 Å². The summed E-state index contributed by atoms with van der Waals surface area (Å²) in [7, 11) is -3.52. The number of hydrogen-bond acceptors (Lipinski definition) is 9. The first-order valence-electron chi connectivity index (χ1n) is 9.39. The first-order valence-corrected chi connectivity index (χ1v) is 11.4. The van der Waals surface area contributed by atoms with Crippen LogP contribution in [0.15, 0.2) is 6.07 Å². The summed E-state index contributed by atoms with van der Waals surface area (Å²) < 4.78 is 29.0. The third-order valence-corrected chi connectivity index (χ3v) is 4.58. The number of aromatic nitrogens is 2. The third kappa shape index (κ3) is 10.4. The van der Waals surface area contributed by atoms with Crippen molar-refractivity contribution < 1.29 is 32.9 Å². The van der Waals surface area contributed by atoms with Crippen LogP contribution >= 0.6 is 7.60 Å². The monoisotopic (exact) mass is 463 g/mol. The molecule has 1 aromatic heterocycles. The van der Waals surface area contributed by atoms with E-state index in [1.807, 2.05) is 0 Å². The van der Waals surface area contributed by atoms with Gasteiger partial charge in [-0.15, -0.1) is 4.68 Å². The van der Waals surface area contributed by atoms with Crippen molar-refractivity contribution in [2.24, 2.45) is 0 Å². The maximum atomic E-state index is 12.4. The molecule has 2 N–H and O–H groups in total. The first-order chi connectivity index (χ1) is 14.0. The van der Waals surface area contributed by atoms with E-state index in [1.54, 1.807) is 41.5 Å². The van der Waals surface area contributed by atoms with E-state index in [-0.39, 0.29) is 18.8 Å². The molecule has 0 aromatic carbocycles. The molecule has 0 bridgehead atoms. The lowest BCUT2D eigenvalue weighted by atomic mass is 10.2. The molecule has 14 heteroatoms. The molecule has 0 radical (unpaired) electrons. The molecule has 0 aliphatic carbocycles. The fraction of sp³-hybridized carbons (Fsp3) is 0.706. The number of carbonyl (C=O) groups excluding carboxylic acids is 2. The Hall–Kier alpha value is -2.50. The second-order valence-electron chi connectivity index (χ2n) is 8.56. The number of nitrogens with one attached hydrogen (secondary N) is 2. The minimum absolute atomic E-state index is 0.0251. The number of nitrogens with zero attached hydrogens (tertiary/aromatic N) is 3. The highest BCUT2D eigenvalue weighted by Gasteiger charge is 2.29. The number of rotatable bonds is 9. The first kappa shape index (κ1) is 26.5. The van der Waals surface area contributed by atoms with E-state index in [1.165, 1.54) is 6.66 Å². The van der Waals surface area contributed by atoms with Crippen molar-refractivity contribution in [2.45, 2.75) is 59.5 Å². The van der Waals surface area contributed by atoms with Crippen molar-refractivity contribution in [2.75, 3.05) is 19.8 Å². The molecule has 1 rings (SSSR count). The van der Waals surface area contributed by atoms with Crippen LogP contribution in [0.5, 0.6) is 0 Å². The smallest absolute Gasteiger partial charge is 0.407 e. The van der Waals surface area contributed by atoms with Gasteiger partial charge in [0.1, 0.15) is 5.60 Å². The molecule has 0 saturated heterocycles. The van der Waals surface area contributed by atoms with Crippen LogP contribution in [0.3, 0.4) is 0 Å². The molecule has 31 heavy (non-hydrogen) atoms. The molecule has 0 aliphatic heterocycles. The maximum absolute atomic E-state index is 12.4. The van der Waals surface area contributed by atoms with E-state index in [0.717, 1.165) is 10.7 Å². The van der Waals surface area contributed by atoms with Crippen molar-refractivity contribution in [3.05, 3.63) is 21.9 Å². The minimum atomic E-state index is -3.52. The summed E-state index contributed by atoms with van der Waals surface area (Å²) in [5.41, 5.74) is -1.59. The predicted molar refractivity (Wildman–Crippen MR) is 111 cm³/mol. The van der Waals surface area contributed by atoms with E-state index < -0.39 is 48.3 Å². The number of alkyl carbamates (subject to hydrolysis) is 1. The number of amides is 2. The molecule has 176 valence electrons. The summed E-state index contributed by atoms with van der Waals surface area (Å²) in [5.74, 6) is -1.28. The summed E-state index contributed by atoms with van der Waals surface area (Å²) in [6.45, 7) is 11.0. The molecule has 0 spiro atoms. The van der Waals surface area contributed by atoms with Gasteiger partial charge in [-0.1, -0.05) is 0 Å². The highest BCUT2D eigenvalue weighted by atomic mass is 31.2. The zero-order chi connectivity index (χ0) is 24.0. The molecule has 13 nitrogen and oxygen atoms in total. The summed E-state index contributed by atoms with van der Waals surface area (Å²) in [5, 5.41) is 19.7. The Labute approximate surface area is 180 Å². The van der Waals surface area contributed by atoms with Crippen molar-refractivity contribution in [1.82, 2.24) is 20.4 Å². The Kier molecular flexibility index (Phi) is 8.74. The van der Waals surface area contributed by atoms with Gasteiger partial charge in [-0.3, -0.25) is 13.9 Å². The molecule has 1 heterocycles. The molecule has 2 amide bonds. The van der Waals surface area contributed by atoms with E-state index in [4.69, 9.17) is 13.8 Å². The van der Waals surface area contributed by atoms with Crippen LogP contribution in [0.1, 0.15) is 52.0 Å². The summed E-state index contributed by atoms with van der Waals surface area (Å²) in [4.78, 5) is 34.3. The van der Waals surface area contributed by atoms with Gasteiger partial charge in [-0.2, -0.15) is 0 Å². The van der Waals surface area contributed by atoms with Gasteiger partial charge in [0, 0.05) is 19.8 Å². The van der Waals surface area contributed by atoms with Gasteiger partial charge < -0.3 is 30.0 Å². The second kappa shape index (κ2) is 10.2. The lowest BCUT2D eigenvalue weighted by molar-refractivity contribution is -0.389. The quantitative estimate of drug-likeness (QED) is 0.242. The predicted octanol–water partition coefficient (Wildman–Crippen LogP) is 2.66. The maximum Gasteiger partial charge on any atom is 0.407 e. The number of carbonyl (C=O) groups is 2. The van der Waals surface area contributed by atoms with Crippen molar-refractivity contribution in [3.63, 3.8) is 0 Å². The van der Waals surface area contributed by atoms with Crippen LogP contribution in [0.25, 0.3) is 0 Å². The second-order valence-corrected chi connectivity index (χ2v) is 10.5. The van der Waals surface area contributed by atoms with Crippen LogP contribution < -0.4 is 10.6 Å². The van der Waals surface area contributed by atoms with Crippen molar-refractivity contribution >= 4 is 25.4 Å². The Balaban J connectivity index is 2.76. The van der Waals surface area contributed by atoms with Crippen LogP contribution in [0, 0.1) is 10.1 Å². The van der Waals surface area contributed by atoms with E-state index in [2.05, 4.69) is 15.7 Å². The summed E-state index contributed by atoms with van der Waals surface area (Å²) in [6.07, 6.45) is -0.645. The number of nitro groups is 1. The molecule has 0 saturated carbocycles. The fourth-order valence-electron chi connectivity index (χ4n) is 2.20. The molecular formula is C17H30N5O8P. The lowest BCUT2D eigenvalue weighted by Gasteiger charge is -2.24.